The van der Waals surface area contributed by atoms with Gasteiger partial charge < -0.3 is 0 Å². The molecule has 9 aromatic rings. The number of fused-ring (bicyclic) bond motifs is 8. The van der Waals surface area contributed by atoms with Crippen LogP contribution in [0.1, 0.15) is 11.1 Å². The summed E-state index contributed by atoms with van der Waals surface area (Å²) < 4.78 is 0. The van der Waals surface area contributed by atoms with E-state index < -0.39 is 0 Å². The lowest BCUT2D eigenvalue weighted by Crippen LogP contribution is -1.90. The summed E-state index contributed by atoms with van der Waals surface area (Å²) in [6.07, 6.45) is 0. The van der Waals surface area contributed by atoms with Crippen LogP contribution < -0.4 is 0 Å². The monoisotopic (exact) mass is 632 g/mol. The molecule has 0 bridgehead atoms. The van der Waals surface area contributed by atoms with Crippen LogP contribution in [0.15, 0.2) is 170 Å². The molecule has 0 aliphatic carbocycles. The minimum Gasteiger partial charge on any atom is -0.192 e. The summed E-state index contributed by atoms with van der Waals surface area (Å²) in [7, 11) is 0. The molecule has 0 unspecified atom stereocenters. The second kappa shape index (κ2) is 11.9. The van der Waals surface area contributed by atoms with Crippen molar-refractivity contribution in [2.45, 2.75) is 0 Å². The van der Waals surface area contributed by atoms with E-state index in [1.165, 1.54) is 48.7 Å². The van der Waals surface area contributed by atoms with Crippen LogP contribution in [0.4, 0.5) is 0 Å². The average Bonchev–Trinajstić information content (AvgIpc) is 3.20. The Morgan fingerprint density at radius 2 is 0.720 bits per heavy atom. The van der Waals surface area contributed by atoms with Gasteiger partial charge in [0.25, 0.3) is 0 Å². The molecule has 0 heterocycles. The standard InChI is InChI=1S/C48H28N2/c49-29-31-9-5-11-33(23-31)35-13-7-14-36(25-35)38-21-22-44-46(27-38)40-17-1-2-18-41(40)47-28-45(42-19-3-4-20-43(42)48(44)47)39-16-8-15-37(26-39)34-12-6-10-32(24-34)30-50/h1-28H. The van der Waals surface area contributed by atoms with Crippen LogP contribution in [-0.2, 0) is 0 Å². The number of hydrogen-bond donors (Lipinski definition) is 0. The maximum Gasteiger partial charge on any atom is 0.0991 e. The first-order valence-electron chi connectivity index (χ1n) is 16.7. The highest BCUT2D eigenvalue weighted by atomic mass is 14.2. The quantitative estimate of drug-likeness (QED) is 0.181. The molecular formula is C48H28N2. The maximum absolute atomic E-state index is 9.51. The van der Waals surface area contributed by atoms with Gasteiger partial charge in [0.05, 0.1) is 23.3 Å². The lowest BCUT2D eigenvalue weighted by atomic mass is 9.86. The van der Waals surface area contributed by atoms with Crippen molar-refractivity contribution in [2.75, 3.05) is 0 Å². The van der Waals surface area contributed by atoms with Crippen LogP contribution in [0.2, 0.25) is 0 Å². The molecule has 0 fully saturated rings. The van der Waals surface area contributed by atoms with E-state index in [-0.39, 0.29) is 0 Å². The van der Waals surface area contributed by atoms with Gasteiger partial charge in [-0.2, -0.15) is 10.5 Å². The molecule has 230 valence electrons. The van der Waals surface area contributed by atoms with Crippen LogP contribution >= 0.6 is 0 Å². The van der Waals surface area contributed by atoms with Gasteiger partial charge in [-0.3, -0.25) is 0 Å². The van der Waals surface area contributed by atoms with Crippen molar-refractivity contribution < 1.29 is 0 Å². The van der Waals surface area contributed by atoms with Gasteiger partial charge in [0.2, 0.25) is 0 Å². The number of hydrogen-bond acceptors (Lipinski definition) is 2. The van der Waals surface area contributed by atoms with Crippen molar-refractivity contribution in [3.63, 3.8) is 0 Å². The van der Waals surface area contributed by atoms with E-state index in [2.05, 4.69) is 146 Å². The van der Waals surface area contributed by atoms with Gasteiger partial charge in [-0.05, 0) is 136 Å². The highest BCUT2D eigenvalue weighted by molar-refractivity contribution is 6.33. The molecule has 0 aliphatic rings. The molecule has 9 aromatic carbocycles. The minimum atomic E-state index is 0.656. The van der Waals surface area contributed by atoms with Crippen LogP contribution in [0.5, 0.6) is 0 Å². The second-order valence-electron chi connectivity index (χ2n) is 12.7. The SMILES string of the molecule is N#Cc1cccc(-c2cccc(-c3ccc4c(c3)c3ccccc3c3cc(-c5cccc(-c6cccc(C#N)c6)c5)c5ccccc5c43)c2)c1. The first-order chi connectivity index (χ1) is 24.7. The summed E-state index contributed by atoms with van der Waals surface area (Å²) in [6.45, 7) is 0. The van der Waals surface area contributed by atoms with Crippen molar-refractivity contribution >= 4 is 43.1 Å². The fourth-order valence-electron chi connectivity index (χ4n) is 7.52. The maximum atomic E-state index is 9.51. The molecule has 0 saturated heterocycles. The molecule has 0 radical (unpaired) electrons. The average molecular weight is 633 g/mol. The van der Waals surface area contributed by atoms with Crippen molar-refractivity contribution in [1.29, 1.82) is 10.5 Å². The van der Waals surface area contributed by atoms with Gasteiger partial charge in [-0.15, -0.1) is 0 Å². The van der Waals surface area contributed by atoms with E-state index in [0.29, 0.717) is 11.1 Å². The Kier molecular flexibility index (Phi) is 6.95. The molecule has 2 heteroatoms. The third-order valence-electron chi connectivity index (χ3n) is 9.86. The Hall–Kier alpha value is -7.00. The molecule has 50 heavy (non-hydrogen) atoms. The van der Waals surface area contributed by atoms with Gasteiger partial charge in [0.15, 0.2) is 0 Å². The first-order valence-corrected chi connectivity index (χ1v) is 16.7. The van der Waals surface area contributed by atoms with Crippen LogP contribution in [0.3, 0.4) is 0 Å². The van der Waals surface area contributed by atoms with Crippen molar-refractivity contribution in [1.82, 2.24) is 0 Å². The molecular weight excluding hydrogens is 605 g/mol. The predicted molar refractivity (Wildman–Crippen MR) is 208 cm³/mol. The van der Waals surface area contributed by atoms with E-state index in [4.69, 9.17) is 0 Å². The molecule has 0 aliphatic heterocycles. The zero-order valence-corrected chi connectivity index (χ0v) is 27.1. The number of nitrogens with zero attached hydrogens (tertiary/aromatic N) is 2. The van der Waals surface area contributed by atoms with Crippen LogP contribution in [0.25, 0.3) is 87.6 Å². The third kappa shape index (κ3) is 4.88. The third-order valence-corrected chi connectivity index (χ3v) is 9.86. The Morgan fingerprint density at radius 1 is 0.280 bits per heavy atom. The zero-order chi connectivity index (χ0) is 33.6. The molecule has 0 aromatic heterocycles. The zero-order valence-electron chi connectivity index (χ0n) is 27.1. The molecule has 0 saturated carbocycles. The van der Waals surface area contributed by atoms with E-state index in [1.807, 2.05) is 36.4 Å². The Morgan fingerprint density at radius 3 is 1.32 bits per heavy atom. The summed E-state index contributed by atoms with van der Waals surface area (Å²) in [5.41, 5.74) is 10.2. The molecule has 0 spiro atoms. The molecule has 0 amide bonds. The van der Waals surface area contributed by atoms with Crippen molar-refractivity contribution in [3.8, 4) is 56.6 Å². The van der Waals surface area contributed by atoms with E-state index in [0.717, 1.165) is 38.9 Å². The van der Waals surface area contributed by atoms with E-state index in [9.17, 15) is 10.5 Å². The molecule has 2 nitrogen and oxygen atoms in total. The normalized spacial score (nSPS) is 11.2. The van der Waals surface area contributed by atoms with Gasteiger partial charge in [-0.25, -0.2) is 0 Å². The topological polar surface area (TPSA) is 47.6 Å². The summed E-state index contributed by atoms with van der Waals surface area (Å²) in [5, 5.41) is 28.8. The van der Waals surface area contributed by atoms with E-state index >= 15 is 0 Å². The van der Waals surface area contributed by atoms with Crippen LogP contribution in [-0.4, -0.2) is 0 Å². The number of nitriles is 2. The molecule has 0 N–H and O–H groups in total. The van der Waals surface area contributed by atoms with Gasteiger partial charge in [-0.1, -0.05) is 121 Å². The Labute approximate surface area is 290 Å². The second-order valence-corrected chi connectivity index (χ2v) is 12.7. The summed E-state index contributed by atoms with van der Waals surface area (Å²) in [5.74, 6) is 0. The molecule has 0 atom stereocenters. The minimum absolute atomic E-state index is 0.656. The first kappa shape index (κ1) is 29.2. The highest BCUT2D eigenvalue weighted by Gasteiger charge is 2.16. The summed E-state index contributed by atoms with van der Waals surface area (Å²) >= 11 is 0. The summed E-state index contributed by atoms with van der Waals surface area (Å²) in [6, 6.07) is 64.1. The molecule has 9 rings (SSSR count). The lowest BCUT2D eigenvalue weighted by molar-refractivity contribution is 1.48. The van der Waals surface area contributed by atoms with Crippen molar-refractivity contribution in [3.05, 3.63) is 181 Å². The van der Waals surface area contributed by atoms with E-state index in [1.54, 1.807) is 0 Å². The number of rotatable bonds is 4. The Balaban J connectivity index is 1.27. The van der Waals surface area contributed by atoms with Crippen LogP contribution in [0, 0.1) is 22.7 Å². The largest absolute Gasteiger partial charge is 0.192 e. The number of benzene rings is 9. The predicted octanol–water partition coefficient (Wildman–Crippen LogP) is 12.7. The Bertz CT molecular complexity index is 2900. The van der Waals surface area contributed by atoms with Crippen molar-refractivity contribution in [2.24, 2.45) is 0 Å². The fourth-order valence-corrected chi connectivity index (χ4v) is 7.52. The highest BCUT2D eigenvalue weighted by Crippen LogP contribution is 2.44. The van der Waals surface area contributed by atoms with Gasteiger partial charge in [0, 0.05) is 0 Å². The smallest absolute Gasteiger partial charge is 0.0991 e. The summed E-state index contributed by atoms with van der Waals surface area (Å²) in [4.78, 5) is 0. The lowest BCUT2D eigenvalue weighted by Gasteiger charge is -2.17. The van der Waals surface area contributed by atoms with Gasteiger partial charge >= 0.3 is 0 Å². The fraction of sp³-hybridized carbons (Fsp3) is 0. The van der Waals surface area contributed by atoms with Gasteiger partial charge in [0.1, 0.15) is 0 Å².